The van der Waals surface area contributed by atoms with Gasteiger partial charge in [0.05, 0.1) is 26.2 Å². The third kappa shape index (κ3) is 1.96. The first-order chi connectivity index (χ1) is 5.19. The van der Waals surface area contributed by atoms with Gasteiger partial charge in [0.1, 0.15) is 0 Å². The summed E-state index contributed by atoms with van der Waals surface area (Å²) in [5.74, 6) is 0. The second kappa shape index (κ2) is 3.57. The van der Waals surface area contributed by atoms with Crippen molar-refractivity contribution in [1.82, 2.24) is 0 Å². The van der Waals surface area contributed by atoms with Gasteiger partial charge in [0, 0.05) is 12.8 Å². The highest BCUT2D eigenvalue weighted by atomic mass is 15.4. The maximum atomic E-state index is 2.42. The topological polar surface area (TPSA) is 0 Å². The highest BCUT2D eigenvalue weighted by molar-refractivity contribution is 4.61. The van der Waals surface area contributed by atoms with E-state index in [0.29, 0.717) is 0 Å². The summed E-state index contributed by atoms with van der Waals surface area (Å²) in [7, 11) is 2.42. The van der Waals surface area contributed by atoms with Gasteiger partial charge in [0.25, 0.3) is 0 Å². The fourth-order valence-corrected chi connectivity index (χ4v) is 2.13. The number of quaternary nitrogens is 1. The minimum absolute atomic E-state index is 0.918. The number of rotatable bonds is 3. The molecule has 1 fully saturated rings. The van der Waals surface area contributed by atoms with Gasteiger partial charge in [0.2, 0.25) is 0 Å². The summed E-state index contributed by atoms with van der Waals surface area (Å²) in [5.41, 5.74) is 0. The molecule has 0 spiro atoms. The average molecular weight is 156 g/mol. The minimum Gasteiger partial charge on any atom is -0.324 e. The van der Waals surface area contributed by atoms with Crippen LogP contribution in [0.15, 0.2) is 0 Å². The predicted molar refractivity (Wildman–Crippen MR) is 49.5 cm³/mol. The molecule has 1 rings (SSSR count). The van der Waals surface area contributed by atoms with Crippen LogP contribution in [0.5, 0.6) is 0 Å². The molecule has 0 aromatic carbocycles. The molecule has 0 bridgehead atoms. The Bertz CT molecular complexity index is 122. The van der Waals surface area contributed by atoms with E-state index in [0.717, 1.165) is 6.04 Å². The Balaban J connectivity index is 2.38. The molecule has 2 atom stereocenters. The number of nitrogens with zero attached hydrogens (tertiary/aromatic N) is 1. The van der Waals surface area contributed by atoms with Crippen molar-refractivity contribution in [3.8, 4) is 0 Å². The van der Waals surface area contributed by atoms with Gasteiger partial charge in [-0.1, -0.05) is 13.3 Å². The second-order valence-corrected chi connectivity index (χ2v) is 4.27. The van der Waals surface area contributed by atoms with Crippen LogP contribution in [0.4, 0.5) is 0 Å². The zero-order valence-corrected chi connectivity index (χ0v) is 8.27. The van der Waals surface area contributed by atoms with E-state index in [-0.39, 0.29) is 0 Å². The third-order valence-electron chi connectivity index (χ3n) is 3.38. The van der Waals surface area contributed by atoms with E-state index in [1.54, 1.807) is 0 Å². The first-order valence-electron chi connectivity index (χ1n) is 5.03. The first kappa shape index (κ1) is 9.05. The fourth-order valence-electron chi connectivity index (χ4n) is 2.13. The lowest BCUT2D eigenvalue weighted by Crippen LogP contribution is -2.47. The van der Waals surface area contributed by atoms with Crippen molar-refractivity contribution in [1.29, 1.82) is 0 Å². The van der Waals surface area contributed by atoms with Crippen molar-refractivity contribution in [2.75, 3.05) is 20.1 Å². The molecule has 1 saturated heterocycles. The summed E-state index contributed by atoms with van der Waals surface area (Å²) in [6.07, 6.45) is 5.64. The highest BCUT2D eigenvalue weighted by Crippen LogP contribution is 2.24. The molecule has 0 aromatic heterocycles. The van der Waals surface area contributed by atoms with Crippen LogP contribution in [0, 0.1) is 0 Å². The van der Waals surface area contributed by atoms with E-state index in [2.05, 4.69) is 20.9 Å². The zero-order valence-electron chi connectivity index (χ0n) is 8.27. The van der Waals surface area contributed by atoms with Gasteiger partial charge in [-0.25, -0.2) is 0 Å². The molecule has 1 heteroatoms. The molecule has 0 amide bonds. The molecule has 66 valence electrons. The third-order valence-corrected chi connectivity index (χ3v) is 3.38. The summed E-state index contributed by atoms with van der Waals surface area (Å²) >= 11 is 0. The number of hydrogen-bond acceptors (Lipinski definition) is 0. The van der Waals surface area contributed by atoms with Gasteiger partial charge >= 0.3 is 0 Å². The average Bonchev–Trinajstić information content (AvgIpc) is 2.30. The van der Waals surface area contributed by atoms with Crippen molar-refractivity contribution < 1.29 is 4.48 Å². The Morgan fingerprint density at radius 2 is 2.18 bits per heavy atom. The lowest BCUT2D eigenvalue weighted by atomic mass is 10.2. The largest absolute Gasteiger partial charge is 0.324 e. The SMILES string of the molecule is CCCC[N+]1(C)CCCC1C. The summed E-state index contributed by atoms with van der Waals surface area (Å²) in [4.78, 5) is 0. The van der Waals surface area contributed by atoms with E-state index in [4.69, 9.17) is 0 Å². The molecular formula is C10H22N+. The number of hydrogen-bond donors (Lipinski definition) is 0. The Kier molecular flexibility index (Phi) is 2.94. The molecule has 0 aromatic rings. The summed E-state index contributed by atoms with van der Waals surface area (Å²) in [5, 5.41) is 0. The standard InChI is InChI=1S/C10H22N/c1-4-5-8-11(3)9-6-7-10(11)2/h10H,4-9H2,1-3H3/q+1. The maximum absolute atomic E-state index is 2.42. The van der Waals surface area contributed by atoms with Crippen LogP contribution in [0.3, 0.4) is 0 Å². The Labute approximate surface area is 71.0 Å². The molecule has 1 aliphatic rings. The van der Waals surface area contributed by atoms with E-state index in [1.165, 1.54) is 43.3 Å². The molecule has 1 heterocycles. The fraction of sp³-hybridized carbons (Fsp3) is 1.00. The van der Waals surface area contributed by atoms with Crippen LogP contribution in [0.1, 0.15) is 39.5 Å². The van der Waals surface area contributed by atoms with E-state index >= 15 is 0 Å². The van der Waals surface area contributed by atoms with Crippen LogP contribution < -0.4 is 0 Å². The van der Waals surface area contributed by atoms with Crippen molar-refractivity contribution >= 4 is 0 Å². The lowest BCUT2D eigenvalue weighted by Gasteiger charge is -2.34. The van der Waals surface area contributed by atoms with Crippen molar-refractivity contribution in [3.63, 3.8) is 0 Å². The van der Waals surface area contributed by atoms with Gasteiger partial charge < -0.3 is 4.48 Å². The molecule has 11 heavy (non-hydrogen) atoms. The monoisotopic (exact) mass is 156 g/mol. The molecule has 1 aliphatic heterocycles. The van der Waals surface area contributed by atoms with E-state index < -0.39 is 0 Å². The van der Waals surface area contributed by atoms with Gasteiger partial charge in [0.15, 0.2) is 0 Å². The molecule has 1 nitrogen and oxygen atoms in total. The summed E-state index contributed by atoms with van der Waals surface area (Å²) in [6, 6.07) is 0.918. The van der Waals surface area contributed by atoms with Crippen LogP contribution >= 0.6 is 0 Å². The Morgan fingerprint density at radius 3 is 2.64 bits per heavy atom. The molecule has 0 N–H and O–H groups in total. The molecule has 0 saturated carbocycles. The van der Waals surface area contributed by atoms with Crippen LogP contribution in [-0.2, 0) is 0 Å². The molecule has 0 radical (unpaired) electrons. The van der Waals surface area contributed by atoms with Crippen molar-refractivity contribution in [3.05, 3.63) is 0 Å². The van der Waals surface area contributed by atoms with Crippen LogP contribution in [0.25, 0.3) is 0 Å². The zero-order chi connectivity index (χ0) is 8.32. The quantitative estimate of drug-likeness (QED) is 0.550. The number of unbranched alkanes of at least 4 members (excludes halogenated alkanes) is 1. The Morgan fingerprint density at radius 1 is 1.45 bits per heavy atom. The second-order valence-electron chi connectivity index (χ2n) is 4.27. The first-order valence-corrected chi connectivity index (χ1v) is 5.03. The van der Waals surface area contributed by atoms with Gasteiger partial charge in [-0.2, -0.15) is 0 Å². The van der Waals surface area contributed by atoms with E-state index in [9.17, 15) is 0 Å². The summed E-state index contributed by atoms with van der Waals surface area (Å²) in [6.45, 7) is 7.51. The van der Waals surface area contributed by atoms with Gasteiger partial charge in [-0.3, -0.25) is 0 Å². The molecular weight excluding hydrogens is 134 g/mol. The molecule has 2 unspecified atom stereocenters. The minimum atomic E-state index is 0.918. The normalized spacial score (nSPS) is 37.9. The predicted octanol–water partition coefficient (Wildman–Crippen LogP) is 2.42. The van der Waals surface area contributed by atoms with E-state index in [1.807, 2.05) is 0 Å². The Hall–Kier alpha value is -0.0400. The van der Waals surface area contributed by atoms with Crippen LogP contribution in [0.2, 0.25) is 0 Å². The lowest BCUT2D eigenvalue weighted by molar-refractivity contribution is -0.919. The number of likely N-dealkylation sites (tertiary alicyclic amines) is 1. The highest BCUT2D eigenvalue weighted by Gasteiger charge is 2.33. The maximum Gasteiger partial charge on any atom is 0.0861 e. The van der Waals surface area contributed by atoms with Gasteiger partial charge in [-0.05, 0) is 13.3 Å². The van der Waals surface area contributed by atoms with Gasteiger partial charge in [-0.15, -0.1) is 0 Å². The smallest absolute Gasteiger partial charge is 0.0861 e. The summed E-state index contributed by atoms with van der Waals surface area (Å²) < 4.78 is 1.34. The van der Waals surface area contributed by atoms with Crippen molar-refractivity contribution in [2.45, 2.75) is 45.6 Å². The van der Waals surface area contributed by atoms with Crippen LogP contribution in [-0.4, -0.2) is 30.7 Å². The molecule has 0 aliphatic carbocycles. The van der Waals surface area contributed by atoms with Crippen molar-refractivity contribution in [2.24, 2.45) is 0 Å².